The predicted octanol–water partition coefficient (Wildman–Crippen LogP) is -3.34. The van der Waals surface area contributed by atoms with Gasteiger partial charge in [0.1, 0.15) is 0 Å². The van der Waals surface area contributed by atoms with E-state index >= 15 is 0 Å². The maximum Gasteiger partial charge on any atom is 1.00 e. The topological polar surface area (TPSA) is 126 Å². The number of rotatable bonds is 2. The van der Waals surface area contributed by atoms with Gasteiger partial charge in [-0.2, -0.15) is 0 Å². The summed E-state index contributed by atoms with van der Waals surface area (Å²) >= 11 is 0. The third-order valence-corrected chi connectivity index (χ3v) is 1.35. The Morgan fingerprint density at radius 2 is 2.19 bits per heavy atom. The second-order valence-electron chi connectivity index (χ2n) is 2.20. The molecule has 0 spiro atoms. The van der Waals surface area contributed by atoms with Crippen molar-refractivity contribution in [3.8, 4) is 5.88 Å². The van der Waals surface area contributed by atoms with Crippen molar-refractivity contribution in [2.45, 2.75) is 0 Å². The minimum atomic E-state index is -1.42. The van der Waals surface area contributed by atoms with E-state index in [4.69, 9.17) is 25.0 Å². The maximum absolute atomic E-state index is 10.5. The van der Waals surface area contributed by atoms with Crippen LogP contribution in [0.2, 0.25) is 0 Å². The summed E-state index contributed by atoms with van der Waals surface area (Å²) in [4.78, 5) is 22.7. The number of hydrogen-bond acceptors (Lipinski definition) is 6. The number of carbonyl (C=O) groups is 1. The van der Waals surface area contributed by atoms with Gasteiger partial charge < -0.3 is 20.5 Å². The Hall–Kier alpha value is -0.720. The molecule has 16 heavy (non-hydrogen) atoms. The summed E-state index contributed by atoms with van der Waals surface area (Å²) in [6, 6.07) is 1.28. The number of nitrogens with two attached hydrogens (primary N) is 1. The van der Waals surface area contributed by atoms with Crippen LogP contribution in [0.3, 0.4) is 0 Å². The second-order valence-corrected chi connectivity index (χ2v) is 2.37. The molecule has 82 valence electrons. The number of aromatic carboxylic acids is 1. The van der Waals surface area contributed by atoms with Crippen molar-refractivity contribution < 1.29 is 53.7 Å². The SMILES string of the molecule is COc1cc(C(=O)O)c(N)cn1.O=[PH+][O-].[Na+]. The first-order valence-corrected chi connectivity index (χ1v) is 4.40. The fourth-order valence-electron chi connectivity index (χ4n) is 0.744. The van der Waals surface area contributed by atoms with Gasteiger partial charge in [0.25, 0.3) is 8.69 Å². The van der Waals surface area contributed by atoms with E-state index in [0.29, 0.717) is 0 Å². The van der Waals surface area contributed by atoms with Crippen LogP contribution in [0.15, 0.2) is 12.3 Å². The van der Waals surface area contributed by atoms with Gasteiger partial charge >= 0.3 is 35.5 Å². The Balaban J connectivity index is 0. The quantitative estimate of drug-likeness (QED) is 0.418. The number of carboxylic acids is 1. The van der Waals surface area contributed by atoms with Crippen molar-refractivity contribution >= 4 is 20.3 Å². The van der Waals surface area contributed by atoms with Crippen LogP contribution in [0.4, 0.5) is 5.69 Å². The van der Waals surface area contributed by atoms with Crippen molar-refractivity contribution in [3.63, 3.8) is 0 Å². The fourth-order valence-corrected chi connectivity index (χ4v) is 0.744. The summed E-state index contributed by atoms with van der Waals surface area (Å²) < 4.78 is 13.1. The maximum atomic E-state index is 10.5. The predicted molar refractivity (Wildman–Crippen MR) is 51.2 cm³/mol. The zero-order valence-corrected chi connectivity index (χ0v) is 11.8. The van der Waals surface area contributed by atoms with Gasteiger partial charge in [-0.05, 0) is 0 Å². The Labute approximate surface area is 115 Å². The largest absolute Gasteiger partial charge is 1.00 e. The first kappa shape index (κ1) is 17.7. The molecule has 7 nitrogen and oxygen atoms in total. The first-order valence-electron chi connectivity index (χ1n) is 3.58. The van der Waals surface area contributed by atoms with Crippen LogP contribution >= 0.6 is 8.69 Å². The Morgan fingerprint density at radius 3 is 2.56 bits per heavy atom. The molecule has 0 fully saturated rings. The van der Waals surface area contributed by atoms with Crippen LogP contribution in [0.1, 0.15) is 10.4 Å². The molecule has 1 rings (SSSR count). The molecule has 0 aliphatic rings. The third kappa shape index (κ3) is 5.99. The number of anilines is 1. The third-order valence-electron chi connectivity index (χ3n) is 1.35. The molecule has 0 saturated heterocycles. The van der Waals surface area contributed by atoms with Crippen LogP contribution in [-0.4, -0.2) is 23.2 Å². The molecule has 3 N–H and O–H groups in total. The molecule has 1 heterocycles. The number of aromatic nitrogens is 1. The summed E-state index contributed by atoms with van der Waals surface area (Å²) in [6.45, 7) is 0. The summed E-state index contributed by atoms with van der Waals surface area (Å²) in [5.74, 6) is -0.852. The Bertz CT molecular complexity index is 363. The number of ether oxygens (including phenoxy) is 1. The minimum absolute atomic E-state index is 0. The zero-order chi connectivity index (χ0) is 11.8. The van der Waals surface area contributed by atoms with Gasteiger partial charge in [-0.15, -0.1) is 0 Å². The summed E-state index contributed by atoms with van der Waals surface area (Å²) in [6.07, 6.45) is 1.25. The van der Waals surface area contributed by atoms with Gasteiger partial charge in [0.2, 0.25) is 5.88 Å². The van der Waals surface area contributed by atoms with E-state index in [-0.39, 0.29) is 46.7 Å². The minimum Gasteiger partial charge on any atom is -0.597 e. The second kappa shape index (κ2) is 9.50. The van der Waals surface area contributed by atoms with E-state index in [1.165, 1.54) is 19.4 Å². The molecule has 1 aromatic rings. The van der Waals surface area contributed by atoms with Crippen LogP contribution in [0, 0.1) is 0 Å². The van der Waals surface area contributed by atoms with Gasteiger partial charge in [0, 0.05) is 6.07 Å². The first-order chi connectivity index (χ1) is 7.06. The molecule has 1 aromatic heterocycles. The van der Waals surface area contributed by atoms with Crippen molar-refractivity contribution in [1.82, 2.24) is 4.98 Å². The molecular formula is C7H9N2NaO5P+. The van der Waals surface area contributed by atoms with Crippen molar-refractivity contribution in [2.24, 2.45) is 0 Å². The van der Waals surface area contributed by atoms with E-state index in [9.17, 15) is 4.79 Å². The summed E-state index contributed by atoms with van der Waals surface area (Å²) in [5, 5.41) is 8.62. The summed E-state index contributed by atoms with van der Waals surface area (Å²) in [7, 11) is -0.00977. The van der Waals surface area contributed by atoms with Gasteiger partial charge in [-0.25, -0.2) is 9.78 Å². The summed E-state index contributed by atoms with van der Waals surface area (Å²) in [5.41, 5.74) is 5.48. The molecule has 0 aliphatic carbocycles. The molecule has 0 radical (unpaired) electrons. The van der Waals surface area contributed by atoms with E-state index in [2.05, 4.69) is 4.98 Å². The van der Waals surface area contributed by atoms with Crippen LogP contribution < -0.4 is 44.9 Å². The monoisotopic (exact) mass is 255 g/mol. The molecule has 0 saturated carbocycles. The molecule has 9 heteroatoms. The fraction of sp³-hybridized carbons (Fsp3) is 0.143. The molecule has 0 aromatic carbocycles. The van der Waals surface area contributed by atoms with Crippen LogP contribution in [0.25, 0.3) is 0 Å². The average molecular weight is 255 g/mol. The molecular weight excluding hydrogens is 246 g/mol. The van der Waals surface area contributed by atoms with Gasteiger partial charge in [0.15, 0.2) is 0 Å². The molecule has 0 aliphatic heterocycles. The Morgan fingerprint density at radius 1 is 1.69 bits per heavy atom. The van der Waals surface area contributed by atoms with E-state index in [1.54, 1.807) is 0 Å². The molecule has 1 atom stereocenters. The van der Waals surface area contributed by atoms with Crippen molar-refractivity contribution in [1.29, 1.82) is 0 Å². The number of hydrogen-bond donors (Lipinski definition) is 2. The van der Waals surface area contributed by atoms with E-state index in [1.807, 2.05) is 0 Å². The number of carboxylic acid groups (broad SMARTS) is 1. The van der Waals surface area contributed by atoms with E-state index in [0.717, 1.165) is 0 Å². The smallest absolute Gasteiger partial charge is 0.597 e. The molecule has 1 unspecified atom stereocenters. The van der Waals surface area contributed by atoms with Crippen molar-refractivity contribution in [2.75, 3.05) is 12.8 Å². The van der Waals surface area contributed by atoms with Gasteiger partial charge in [-0.1, -0.05) is 4.57 Å². The van der Waals surface area contributed by atoms with Gasteiger partial charge in [-0.3, -0.25) is 0 Å². The Kier molecular flexibility index (Phi) is 10.5. The standard InChI is InChI=1S/C7H8N2O3.Na.HO2P/c1-12-6-2-4(7(10)11)5(8)3-9-6;;1-3-2/h2-3H,8H2,1H3,(H,10,11);;3H/q;+1;. The zero-order valence-electron chi connectivity index (χ0n) is 8.76. The van der Waals surface area contributed by atoms with Crippen LogP contribution in [-0.2, 0) is 4.57 Å². The number of methoxy groups -OCH3 is 1. The van der Waals surface area contributed by atoms with Gasteiger partial charge in [0.05, 0.1) is 24.6 Å². The number of pyridine rings is 1. The average Bonchev–Trinajstić information content (AvgIpc) is 2.19. The number of nitrogens with zero attached hydrogens (tertiary/aromatic N) is 1. The van der Waals surface area contributed by atoms with Crippen LogP contribution in [0.5, 0.6) is 5.88 Å². The van der Waals surface area contributed by atoms with E-state index < -0.39 is 14.7 Å². The molecule has 0 bridgehead atoms. The number of nitrogen functional groups attached to an aromatic ring is 1. The van der Waals surface area contributed by atoms with Crippen molar-refractivity contribution in [3.05, 3.63) is 17.8 Å². The molecule has 0 amide bonds. The normalized spacial score (nSPS) is 8.38.